The number of piperidine rings is 1. The van der Waals surface area contributed by atoms with Gasteiger partial charge in [0.1, 0.15) is 12.4 Å². The van der Waals surface area contributed by atoms with Crippen molar-refractivity contribution >= 4 is 11.8 Å². The molecule has 0 spiro atoms. The number of benzene rings is 1. The van der Waals surface area contributed by atoms with E-state index >= 15 is 0 Å². The number of piperazine rings is 1. The molecule has 2 amide bonds. The van der Waals surface area contributed by atoms with Crippen LogP contribution in [-0.2, 0) is 4.79 Å². The van der Waals surface area contributed by atoms with Gasteiger partial charge in [-0.25, -0.2) is 0 Å². The Labute approximate surface area is 148 Å². The third-order valence-electron chi connectivity index (χ3n) is 4.72. The summed E-state index contributed by atoms with van der Waals surface area (Å²) in [5.41, 5.74) is 0.651. The minimum absolute atomic E-state index is 0.0163. The van der Waals surface area contributed by atoms with E-state index in [-0.39, 0.29) is 17.9 Å². The number of ether oxygens (including phenoxy) is 1. The largest absolute Gasteiger partial charge is 0.490 e. The van der Waals surface area contributed by atoms with Gasteiger partial charge >= 0.3 is 0 Å². The summed E-state index contributed by atoms with van der Waals surface area (Å²) < 4.78 is 5.45. The summed E-state index contributed by atoms with van der Waals surface area (Å²) >= 11 is 0. The van der Waals surface area contributed by atoms with Crippen LogP contribution < -0.4 is 10.1 Å². The van der Waals surface area contributed by atoms with Crippen LogP contribution in [0.2, 0.25) is 0 Å². The predicted octanol–water partition coefficient (Wildman–Crippen LogP) is 1.29. The molecule has 2 aliphatic rings. The Hall–Kier alpha value is -2.34. The lowest BCUT2D eigenvalue weighted by Gasteiger charge is -2.41. The number of amides is 2. The van der Waals surface area contributed by atoms with Crippen molar-refractivity contribution in [3.63, 3.8) is 0 Å². The maximum absolute atomic E-state index is 12.8. The molecule has 6 nitrogen and oxygen atoms in total. The topological polar surface area (TPSA) is 61.9 Å². The average molecular weight is 343 g/mol. The van der Waals surface area contributed by atoms with E-state index in [1.807, 2.05) is 9.80 Å². The van der Waals surface area contributed by atoms with Crippen molar-refractivity contribution in [2.45, 2.75) is 18.9 Å². The van der Waals surface area contributed by atoms with Crippen LogP contribution in [-0.4, -0.2) is 67.0 Å². The van der Waals surface area contributed by atoms with Crippen molar-refractivity contribution < 1.29 is 14.3 Å². The molecule has 3 rings (SSSR count). The highest BCUT2D eigenvalue weighted by Gasteiger charge is 2.31. The Morgan fingerprint density at radius 3 is 2.84 bits per heavy atom. The third-order valence-corrected chi connectivity index (χ3v) is 4.72. The van der Waals surface area contributed by atoms with Gasteiger partial charge in [-0.1, -0.05) is 12.7 Å². The van der Waals surface area contributed by atoms with Crippen LogP contribution >= 0.6 is 0 Å². The van der Waals surface area contributed by atoms with Gasteiger partial charge in [0.25, 0.3) is 5.91 Å². The molecule has 1 unspecified atom stereocenters. The molecule has 1 N–H and O–H groups in total. The molecule has 0 aliphatic carbocycles. The van der Waals surface area contributed by atoms with Crippen LogP contribution in [0.3, 0.4) is 0 Å². The number of nitrogens with one attached hydrogen (secondary N) is 1. The highest BCUT2D eigenvalue weighted by molar-refractivity contribution is 5.94. The third kappa shape index (κ3) is 4.20. The van der Waals surface area contributed by atoms with Gasteiger partial charge in [-0.3, -0.25) is 9.59 Å². The van der Waals surface area contributed by atoms with Crippen LogP contribution in [0.4, 0.5) is 0 Å². The normalized spacial score (nSPS) is 21.1. The lowest BCUT2D eigenvalue weighted by Crippen LogP contribution is -2.57. The van der Waals surface area contributed by atoms with Gasteiger partial charge in [-0.15, -0.1) is 0 Å². The molecule has 2 aliphatic heterocycles. The minimum Gasteiger partial charge on any atom is -0.490 e. The van der Waals surface area contributed by atoms with E-state index < -0.39 is 0 Å². The molecule has 25 heavy (non-hydrogen) atoms. The van der Waals surface area contributed by atoms with Crippen molar-refractivity contribution in [2.75, 3.05) is 39.3 Å². The summed E-state index contributed by atoms with van der Waals surface area (Å²) in [6, 6.07) is 7.32. The van der Waals surface area contributed by atoms with Crippen LogP contribution in [0.15, 0.2) is 36.9 Å². The second-order valence-electron chi connectivity index (χ2n) is 6.44. The van der Waals surface area contributed by atoms with Crippen LogP contribution in [0.5, 0.6) is 5.75 Å². The van der Waals surface area contributed by atoms with Gasteiger partial charge < -0.3 is 19.9 Å². The predicted molar refractivity (Wildman–Crippen MR) is 95.6 cm³/mol. The Kier molecular flexibility index (Phi) is 5.71. The first-order valence-corrected chi connectivity index (χ1v) is 8.82. The number of hydrogen-bond donors (Lipinski definition) is 1. The van der Waals surface area contributed by atoms with Crippen molar-refractivity contribution in [3.05, 3.63) is 42.5 Å². The summed E-state index contributed by atoms with van der Waals surface area (Å²) in [6.45, 7) is 7.36. The summed E-state index contributed by atoms with van der Waals surface area (Å²) in [6.07, 6.45) is 3.57. The second-order valence-corrected chi connectivity index (χ2v) is 6.44. The zero-order chi connectivity index (χ0) is 17.6. The quantitative estimate of drug-likeness (QED) is 0.819. The molecule has 1 aromatic rings. The van der Waals surface area contributed by atoms with Crippen LogP contribution in [0.1, 0.15) is 23.2 Å². The van der Waals surface area contributed by atoms with Crippen LogP contribution in [0.25, 0.3) is 0 Å². The molecule has 2 heterocycles. The monoisotopic (exact) mass is 343 g/mol. The number of hydrogen-bond acceptors (Lipinski definition) is 4. The van der Waals surface area contributed by atoms with Gasteiger partial charge in [0.2, 0.25) is 5.91 Å². The zero-order valence-corrected chi connectivity index (χ0v) is 14.4. The van der Waals surface area contributed by atoms with E-state index in [0.717, 1.165) is 38.2 Å². The van der Waals surface area contributed by atoms with E-state index in [4.69, 9.17) is 4.74 Å². The Morgan fingerprint density at radius 2 is 2.12 bits per heavy atom. The van der Waals surface area contributed by atoms with Gasteiger partial charge in [0.15, 0.2) is 0 Å². The number of carbonyl (C=O) groups excluding carboxylic acids is 2. The summed E-state index contributed by atoms with van der Waals surface area (Å²) in [5, 5.41) is 3.09. The summed E-state index contributed by atoms with van der Waals surface area (Å²) in [7, 11) is 0. The number of nitrogens with zero attached hydrogens (tertiary/aromatic N) is 2. The zero-order valence-electron chi connectivity index (χ0n) is 14.4. The Balaban J connectivity index is 1.63. The molecule has 2 fully saturated rings. The lowest BCUT2D eigenvalue weighted by atomic mass is 10.0. The fraction of sp³-hybridized carbons (Fsp3) is 0.474. The molecular weight excluding hydrogens is 318 g/mol. The van der Waals surface area contributed by atoms with Crippen molar-refractivity contribution in [1.29, 1.82) is 0 Å². The molecule has 0 bridgehead atoms. The van der Waals surface area contributed by atoms with Crippen molar-refractivity contribution in [2.24, 2.45) is 0 Å². The SMILES string of the molecule is C=CCOc1ccc(C(=O)N2CCCC(N3CCNCC3=O)C2)cc1. The first-order chi connectivity index (χ1) is 12.2. The molecule has 0 saturated carbocycles. The smallest absolute Gasteiger partial charge is 0.253 e. The number of carbonyl (C=O) groups is 2. The summed E-state index contributed by atoms with van der Waals surface area (Å²) in [5.74, 6) is 0.871. The molecule has 6 heteroatoms. The molecule has 0 aromatic heterocycles. The van der Waals surface area contributed by atoms with Gasteiger partial charge in [0, 0.05) is 37.8 Å². The van der Waals surface area contributed by atoms with E-state index in [9.17, 15) is 9.59 Å². The first-order valence-electron chi connectivity index (χ1n) is 8.82. The maximum Gasteiger partial charge on any atom is 0.253 e. The molecule has 1 atom stereocenters. The van der Waals surface area contributed by atoms with Crippen molar-refractivity contribution in [1.82, 2.24) is 15.1 Å². The lowest BCUT2D eigenvalue weighted by molar-refractivity contribution is -0.135. The minimum atomic E-state index is 0.0163. The van der Waals surface area contributed by atoms with E-state index in [1.165, 1.54) is 0 Å². The fourth-order valence-electron chi connectivity index (χ4n) is 3.43. The number of likely N-dealkylation sites (tertiary alicyclic amines) is 1. The second kappa shape index (κ2) is 8.16. The van der Waals surface area contributed by atoms with Gasteiger partial charge in [-0.2, -0.15) is 0 Å². The standard InChI is InChI=1S/C19H25N3O3/c1-2-12-25-17-7-5-15(6-8-17)19(24)21-10-3-4-16(14-21)22-11-9-20-13-18(22)23/h2,5-8,16,20H,1,3-4,9-14H2. The molecular formula is C19H25N3O3. The Bertz CT molecular complexity index is 629. The van der Waals surface area contributed by atoms with Crippen molar-refractivity contribution in [3.8, 4) is 5.75 Å². The fourth-order valence-corrected chi connectivity index (χ4v) is 3.43. The number of rotatable bonds is 5. The summed E-state index contributed by atoms with van der Waals surface area (Å²) in [4.78, 5) is 28.7. The molecule has 0 radical (unpaired) electrons. The first kappa shape index (κ1) is 17.5. The van der Waals surface area contributed by atoms with E-state index in [1.54, 1.807) is 30.3 Å². The van der Waals surface area contributed by atoms with E-state index in [0.29, 0.717) is 25.3 Å². The maximum atomic E-state index is 12.8. The molecule has 134 valence electrons. The van der Waals surface area contributed by atoms with E-state index in [2.05, 4.69) is 11.9 Å². The van der Waals surface area contributed by atoms with Gasteiger partial charge in [-0.05, 0) is 37.1 Å². The Morgan fingerprint density at radius 1 is 1.32 bits per heavy atom. The van der Waals surface area contributed by atoms with Gasteiger partial charge in [0.05, 0.1) is 6.54 Å². The molecule has 1 aromatic carbocycles. The average Bonchev–Trinajstić information content (AvgIpc) is 2.67. The molecule has 2 saturated heterocycles. The highest BCUT2D eigenvalue weighted by Crippen LogP contribution is 2.20. The highest BCUT2D eigenvalue weighted by atomic mass is 16.5. The van der Waals surface area contributed by atoms with Crippen LogP contribution in [0, 0.1) is 0 Å².